The minimum absolute atomic E-state index is 0.0826. The molecule has 110 valence electrons. The Balaban J connectivity index is 1.82. The molecule has 3 rings (SSSR count). The Morgan fingerprint density at radius 1 is 1.00 bits per heavy atom. The second-order valence-corrected chi connectivity index (χ2v) is 5.84. The van der Waals surface area contributed by atoms with E-state index >= 15 is 0 Å². The fourth-order valence-corrected chi connectivity index (χ4v) is 3.13. The highest BCUT2D eigenvalue weighted by Crippen LogP contribution is 2.28. The normalized spacial score (nSPS) is 16.6. The summed E-state index contributed by atoms with van der Waals surface area (Å²) in [5.41, 5.74) is 0.373. The molecule has 0 spiro atoms. The predicted octanol–water partition coefficient (Wildman–Crippen LogP) is 4.00. The molecule has 1 saturated carbocycles. The Labute approximate surface area is 125 Å². The number of aromatic hydroxyl groups is 1. The first kappa shape index (κ1) is 13.9. The zero-order chi connectivity index (χ0) is 14.7. The molecule has 0 unspecified atom stereocenters. The summed E-state index contributed by atoms with van der Waals surface area (Å²) in [6, 6.07) is 11.4. The Hall–Kier alpha value is -2.03. The number of hydrogen-bond acceptors (Lipinski definition) is 2. The first-order chi connectivity index (χ1) is 10.3. The molecule has 0 heterocycles. The maximum Gasteiger partial charge on any atom is 0.255 e. The molecular formula is C18H21NO2. The van der Waals surface area contributed by atoms with Crippen molar-refractivity contribution in [2.45, 2.75) is 44.6 Å². The van der Waals surface area contributed by atoms with Gasteiger partial charge in [-0.2, -0.15) is 0 Å². The van der Waals surface area contributed by atoms with E-state index in [1.54, 1.807) is 6.07 Å². The highest BCUT2D eigenvalue weighted by atomic mass is 16.3. The van der Waals surface area contributed by atoms with E-state index in [1.165, 1.54) is 25.7 Å². The molecule has 0 bridgehead atoms. The van der Waals surface area contributed by atoms with Gasteiger partial charge in [0.2, 0.25) is 0 Å². The summed E-state index contributed by atoms with van der Waals surface area (Å²) in [6.45, 7) is 0. The number of amides is 1. The molecule has 0 aliphatic heterocycles. The van der Waals surface area contributed by atoms with Crippen LogP contribution in [0.1, 0.15) is 48.9 Å². The molecule has 1 aliphatic rings. The van der Waals surface area contributed by atoms with Gasteiger partial charge in [0.25, 0.3) is 5.91 Å². The van der Waals surface area contributed by atoms with Crippen LogP contribution in [0.25, 0.3) is 10.8 Å². The SMILES string of the molecule is O=C(NC1CCCCCC1)c1ccc2ccccc2c1O. The Bertz CT molecular complexity index is 643. The predicted molar refractivity (Wildman–Crippen MR) is 84.6 cm³/mol. The second kappa shape index (κ2) is 6.17. The third-order valence-electron chi connectivity index (χ3n) is 4.34. The molecule has 0 saturated heterocycles. The van der Waals surface area contributed by atoms with E-state index in [0.29, 0.717) is 5.56 Å². The van der Waals surface area contributed by atoms with E-state index in [-0.39, 0.29) is 17.7 Å². The number of benzene rings is 2. The van der Waals surface area contributed by atoms with Crippen molar-refractivity contribution in [1.82, 2.24) is 5.32 Å². The van der Waals surface area contributed by atoms with Crippen molar-refractivity contribution in [3.63, 3.8) is 0 Å². The highest BCUT2D eigenvalue weighted by Gasteiger charge is 2.18. The maximum atomic E-state index is 12.4. The Morgan fingerprint density at radius 2 is 1.71 bits per heavy atom. The lowest BCUT2D eigenvalue weighted by molar-refractivity contribution is 0.0931. The maximum absolute atomic E-state index is 12.4. The summed E-state index contributed by atoms with van der Waals surface area (Å²) in [6.07, 6.45) is 6.95. The van der Waals surface area contributed by atoms with Crippen LogP contribution < -0.4 is 5.32 Å². The number of nitrogens with one attached hydrogen (secondary N) is 1. The molecule has 0 radical (unpaired) electrons. The van der Waals surface area contributed by atoms with Gasteiger partial charge in [0.15, 0.2) is 0 Å². The fraction of sp³-hybridized carbons (Fsp3) is 0.389. The molecule has 0 atom stereocenters. The van der Waals surface area contributed by atoms with Crippen molar-refractivity contribution in [2.75, 3.05) is 0 Å². The van der Waals surface area contributed by atoms with Crippen molar-refractivity contribution in [2.24, 2.45) is 0 Å². The number of hydrogen-bond donors (Lipinski definition) is 2. The van der Waals surface area contributed by atoms with Gasteiger partial charge in [-0.25, -0.2) is 0 Å². The smallest absolute Gasteiger partial charge is 0.255 e. The van der Waals surface area contributed by atoms with Crippen LogP contribution in [-0.4, -0.2) is 17.1 Å². The topological polar surface area (TPSA) is 49.3 Å². The number of phenols is 1. The van der Waals surface area contributed by atoms with Gasteiger partial charge in [-0.15, -0.1) is 0 Å². The van der Waals surface area contributed by atoms with Gasteiger partial charge < -0.3 is 10.4 Å². The standard InChI is InChI=1S/C18H21NO2/c20-17-15-10-6-5-7-13(15)11-12-16(17)18(21)19-14-8-3-1-2-4-9-14/h5-7,10-12,14,20H,1-4,8-9H2,(H,19,21). The molecule has 1 aliphatic carbocycles. The van der Waals surface area contributed by atoms with Crippen molar-refractivity contribution in [1.29, 1.82) is 0 Å². The van der Waals surface area contributed by atoms with Gasteiger partial charge in [0.05, 0.1) is 5.56 Å². The number of carbonyl (C=O) groups excluding carboxylic acids is 1. The van der Waals surface area contributed by atoms with Crippen LogP contribution in [-0.2, 0) is 0 Å². The molecule has 2 aromatic rings. The first-order valence-corrected chi connectivity index (χ1v) is 7.77. The lowest BCUT2D eigenvalue weighted by atomic mass is 10.0. The summed E-state index contributed by atoms with van der Waals surface area (Å²) in [4.78, 5) is 12.4. The van der Waals surface area contributed by atoms with Crippen LogP contribution in [0, 0.1) is 0 Å². The summed E-state index contributed by atoms with van der Waals surface area (Å²) < 4.78 is 0. The summed E-state index contributed by atoms with van der Waals surface area (Å²) >= 11 is 0. The van der Waals surface area contributed by atoms with E-state index in [1.807, 2.05) is 30.3 Å². The fourth-order valence-electron chi connectivity index (χ4n) is 3.13. The van der Waals surface area contributed by atoms with Gasteiger partial charge >= 0.3 is 0 Å². The van der Waals surface area contributed by atoms with Gasteiger partial charge in [-0.05, 0) is 24.3 Å². The summed E-state index contributed by atoms with van der Waals surface area (Å²) in [7, 11) is 0. The third kappa shape index (κ3) is 3.02. The molecule has 3 nitrogen and oxygen atoms in total. The lowest BCUT2D eigenvalue weighted by Gasteiger charge is -2.17. The monoisotopic (exact) mass is 283 g/mol. The van der Waals surface area contributed by atoms with Crippen molar-refractivity contribution < 1.29 is 9.90 Å². The molecule has 1 amide bonds. The number of phenolic OH excluding ortho intramolecular Hbond substituents is 1. The van der Waals surface area contributed by atoms with E-state index < -0.39 is 0 Å². The average Bonchev–Trinajstić information content (AvgIpc) is 2.76. The highest BCUT2D eigenvalue weighted by molar-refractivity contribution is 6.03. The zero-order valence-electron chi connectivity index (χ0n) is 12.1. The van der Waals surface area contributed by atoms with Crippen LogP contribution in [0.15, 0.2) is 36.4 Å². The van der Waals surface area contributed by atoms with E-state index in [2.05, 4.69) is 5.32 Å². The van der Waals surface area contributed by atoms with Crippen LogP contribution in [0.3, 0.4) is 0 Å². The van der Waals surface area contributed by atoms with E-state index in [9.17, 15) is 9.90 Å². The van der Waals surface area contributed by atoms with Crippen LogP contribution in [0.4, 0.5) is 0 Å². The molecule has 0 aromatic heterocycles. The third-order valence-corrected chi connectivity index (χ3v) is 4.34. The average molecular weight is 283 g/mol. The molecule has 1 fully saturated rings. The van der Waals surface area contributed by atoms with E-state index in [0.717, 1.165) is 23.6 Å². The molecule has 2 aromatic carbocycles. The molecule has 2 N–H and O–H groups in total. The van der Waals surface area contributed by atoms with Crippen molar-refractivity contribution >= 4 is 16.7 Å². The van der Waals surface area contributed by atoms with Crippen LogP contribution in [0.5, 0.6) is 5.75 Å². The summed E-state index contributed by atoms with van der Waals surface area (Å²) in [5.74, 6) is -0.0793. The molecular weight excluding hydrogens is 262 g/mol. The van der Waals surface area contributed by atoms with Crippen LogP contribution in [0.2, 0.25) is 0 Å². The lowest BCUT2D eigenvalue weighted by Crippen LogP contribution is -2.34. The quantitative estimate of drug-likeness (QED) is 0.818. The van der Waals surface area contributed by atoms with E-state index in [4.69, 9.17) is 0 Å². The first-order valence-electron chi connectivity index (χ1n) is 7.77. The molecule has 21 heavy (non-hydrogen) atoms. The van der Waals surface area contributed by atoms with Crippen molar-refractivity contribution in [3.05, 3.63) is 42.0 Å². The Morgan fingerprint density at radius 3 is 2.48 bits per heavy atom. The summed E-state index contributed by atoms with van der Waals surface area (Å²) in [5, 5.41) is 15.1. The van der Waals surface area contributed by atoms with Gasteiger partial charge in [-0.1, -0.05) is 56.0 Å². The zero-order valence-corrected chi connectivity index (χ0v) is 12.1. The second-order valence-electron chi connectivity index (χ2n) is 5.84. The number of rotatable bonds is 2. The number of fused-ring (bicyclic) bond motifs is 1. The minimum Gasteiger partial charge on any atom is -0.506 e. The van der Waals surface area contributed by atoms with Gasteiger partial charge in [0.1, 0.15) is 5.75 Å². The van der Waals surface area contributed by atoms with Gasteiger partial charge in [-0.3, -0.25) is 4.79 Å². The Kier molecular flexibility index (Phi) is 4.09. The molecule has 3 heteroatoms. The minimum atomic E-state index is -0.162. The van der Waals surface area contributed by atoms with Crippen LogP contribution >= 0.6 is 0 Å². The van der Waals surface area contributed by atoms with Crippen molar-refractivity contribution in [3.8, 4) is 5.75 Å². The largest absolute Gasteiger partial charge is 0.506 e. The number of carbonyl (C=O) groups is 1. The van der Waals surface area contributed by atoms with Gasteiger partial charge in [0, 0.05) is 11.4 Å².